The largest absolute Gasteiger partial charge is 0.493 e. The van der Waals surface area contributed by atoms with Crippen LogP contribution in [-0.2, 0) is 17.8 Å². The van der Waals surface area contributed by atoms with E-state index in [1.807, 2.05) is 24.3 Å². The number of fused-ring (bicyclic) bond motifs is 1. The fourth-order valence-corrected chi connectivity index (χ4v) is 3.63. The van der Waals surface area contributed by atoms with Crippen molar-refractivity contribution >= 4 is 5.91 Å². The number of carbonyl (C=O) groups is 1. The van der Waals surface area contributed by atoms with E-state index in [0.29, 0.717) is 6.42 Å². The zero-order valence-corrected chi connectivity index (χ0v) is 15.7. The fourth-order valence-electron chi connectivity index (χ4n) is 3.63. The van der Waals surface area contributed by atoms with Crippen molar-refractivity contribution in [2.45, 2.75) is 51.1 Å². The number of carbonyl (C=O) groups excluding carboxylic acids is 1. The second-order valence-corrected chi connectivity index (χ2v) is 6.80. The molecule has 1 aromatic heterocycles. The molecule has 3 rings (SSSR count). The molecule has 1 atom stereocenters. The van der Waals surface area contributed by atoms with Gasteiger partial charge in [-0.3, -0.25) is 4.79 Å². The van der Waals surface area contributed by atoms with E-state index in [0.717, 1.165) is 55.7 Å². The molecule has 1 heterocycles. The minimum Gasteiger partial charge on any atom is -0.493 e. The Balaban J connectivity index is 1.45. The van der Waals surface area contributed by atoms with Crippen LogP contribution >= 0.6 is 0 Å². The molecule has 5 heteroatoms. The highest BCUT2D eigenvalue weighted by Gasteiger charge is 2.26. The molecule has 0 saturated carbocycles. The average molecular weight is 356 g/mol. The third kappa shape index (κ3) is 4.40. The number of ether oxygens (including phenoxy) is 2. The van der Waals surface area contributed by atoms with Gasteiger partial charge in [-0.2, -0.15) is 0 Å². The summed E-state index contributed by atoms with van der Waals surface area (Å²) < 4.78 is 12.9. The maximum Gasteiger partial charge on any atom is 0.220 e. The Labute approximate surface area is 155 Å². The molecule has 0 fully saturated rings. The first-order valence-electron chi connectivity index (χ1n) is 9.36. The second kappa shape index (κ2) is 8.79. The highest BCUT2D eigenvalue weighted by atomic mass is 16.5. The van der Waals surface area contributed by atoms with Crippen LogP contribution in [0.25, 0.3) is 0 Å². The van der Waals surface area contributed by atoms with Gasteiger partial charge in [0.15, 0.2) is 11.5 Å². The third-order valence-electron chi connectivity index (χ3n) is 5.04. The van der Waals surface area contributed by atoms with Gasteiger partial charge in [0, 0.05) is 25.4 Å². The van der Waals surface area contributed by atoms with Crippen LogP contribution in [0.5, 0.6) is 11.5 Å². The van der Waals surface area contributed by atoms with Crippen LogP contribution in [0.4, 0.5) is 0 Å². The zero-order chi connectivity index (χ0) is 18.4. The maximum atomic E-state index is 12.3. The molecule has 1 aromatic carbocycles. The standard InChI is InChI=1S/C21H28N2O3/c1-25-19-14-16-9-10-18(17(16)15-20(19)26-2)22-21(24)8-4-3-5-11-23-12-6-7-13-23/h6-7,12-15,18H,3-5,8-11H2,1-2H3,(H,22,24)/t18-/m0/s1. The van der Waals surface area contributed by atoms with E-state index >= 15 is 0 Å². The number of unbranched alkanes of at least 4 members (excludes halogenated alkanes) is 2. The molecule has 1 aliphatic carbocycles. The molecule has 1 amide bonds. The van der Waals surface area contributed by atoms with E-state index in [-0.39, 0.29) is 11.9 Å². The number of hydrogen-bond acceptors (Lipinski definition) is 3. The van der Waals surface area contributed by atoms with Crippen LogP contribution in [-0.4, -0.2) is 24.7 Å². The molecule has 5 nitrogen and oxygen atoms in total. The number of methoxy groups -OCH3 is 2. The van der Waals surface area contributed by atoms with E-state index in [9.17, 15) is 4.79 Å². The fraction of sp³-hybridized carbons (Fsp3) is 0.476. The number of nitrogens with zero attached hydrogens (tertiary/aromatic N) is 1. The normalized spacial score (nSPS) is 15.5. The van der Waals surface area contributed by atoms with E-state index in [4.69, 9.17) is 9.47 Å². The number of benzene rings is 1. The van der Waals surface area contributed by atoms with Crippen LogP contribution in [0.2, 0.25) is 0 Å². The van der Waals surface area contributed by atoms with Crippen LogP contribution in [0, 0.1) is 0 Å². The first-order valence-corrected chi connectivity index (χ1v) is 9.36. The smallest absolute Gasteiger partial charge is 0.220 e. The maximum absolute atomic E-state index is 12.3. The molecule has 2 aromatic rings. The minimum absolute atomic E-state index is 0.0807. The molecule has 0 unspecified atom stereocenters. The highest BCUT2D eigenvalue weighted by molar-refractivity contribution is 5.76. The van der Waals surface area contributed by atoms with Gasteiger partial charge >= 0.3 is 0 Å². The zero-order valence-electron chi connectivity index (χ0n) is 15.7. The molecule has 0 aliphatic heterocycles. The molecule has 140 valence electrons. The van der Waals surface area contributed by atoms with Gasteiger partial charge in [0.2, 0.25) is 5.91 Å². The number of aryl methyl sites for hydroxylation is 2. The quantitative estimate of drug-likeness (QED) is 0.694. The van der Waals surface area contributed by atoms with Crippen molar-refractivity contribution in [1.82, 2.24) is 9.88 Å². The lowest BCUT2D eigenvalue weighted by Gasteiger charge is -2.16. The Bertz CT molecular complexity index is 725. The highest BCUT2D eigenvalue weighted by Crippen LogP contribution is 2.39. The number of rotatable bonds is 9. The van der Waals surface area contributed by atoms with Gasteiger partial charge < -0.3 is 19.4 Å². The minimum atomic E-state index is 0.0807. The van der Waals surface area contributed by atoms with Crippen LogP contribution in [0.15, 0.2) is 36.7 Å². The average Bonchev–Trinajstić information content (AvgIpc) is 3.30. The molecular formula is C21H28N2O3. The number of nitrogens with one attached hydrogen (secondary N) is 1. The summed E-state index contributed by atoms with van der Waals surface area (Å²) >= 11 is 0. The summed E-state index contributed by atoms with van der Waals surface area (Å²) in [5.74, 6) is 1.61. The van der Waals surface area contributed by atoms with Gasteiger partial charge in [-0.05, 0) is 61.1 Å². The lowest BCUT2D eigenvalue weighted by atomic mass is 10.1. The van der Waals surface area contributed by atoms with Crippen molar-refractivity contribution in [3.63, 3.8) is 0 Å². The van der Waals surface area contributed by atoms with Gasteiger partial charge in [-0.15, -0.1) is 0 Å². The van der Waals surface area contributed by atoms with E-state index in [2.05, 4.69) is 22.3 Å². The summed E-state index contributed by atoms with van der Waals surface area (Å²) in [6.07, 6.45) is 9.73. The van der Waals surface area contributed by atoms with Crippen LogP contribution in [0.3, 0.4) is 0 Å². The summed E-state index contributed by atoms with van der Waals surface area (Å²) in [6.45, 7) is 1.02. The van der Waals surface area contributed by atoms with Crippen molar-refractivity contribution < 1.29 is 14.3 Å². The van der Waals surface area contributed by atoms with Crippen molar-refractivity contribution in [2.75, 3.05) is 14.2 Å². The molecule has 0 radical (unpaired) electrons. The Morgan fingerprint density at radius 3 is 2.58 bits per heavy atom. The topological polar surface area (TPSA) is 52.5 Å². The predicted molar refractivity (Wildman–Crippen MR) is 102 cm³/mol. The van der Waals surface area contributed by atoms with Gasteiger partial charge in [0.05, 0.1) is 20.3 Å². The number of hydrogen-bond donors (Lipinski definition) is 1. The van der Waals surface area contributed by atoms with Crippen molar-refractivity contribution in [2.24, 2.45) is 0 Å². The summed E-state index contributed by atoms with van der Waals surface area (Å²) in [4.78, 5) is 12.3. The second-order valence-electron chi connectivity index (χ2n) is 6.80. The lowest BCUT2D eigenvalue weighted by Crippen LogP contribution is -2.26. The van der Waals surface area contributed by atoms with Gasteiger partial charge in [0.25, 0.3) is 0 Å². The first-order chi connectivity index (χ1) is 12.7. The SMILES string of the molecule is COc1cc2c(cc1OC)[C@@H](NC(=O)CCCCCn1cccc1)CC2. The Morgan fingerprint density at radius 2 is 1.85 bits per heavy atom. The van der Waals surface area contributed by atoms with Crippen molar-refractivity contribution in [3.8, 4) is 11.5 Å². The Morgan fingerprint density at radius 1 is 1.12 bits per heavy atom. The molecule has 0 saturated heterocycles. The third-order valence-corrected chi connectivity index (χ3v) is 5.04. The van der Waals surface area contributed by atoms with Gasteiger partial charge in [-0.25, -0.2) is 0 Å². The van der Waals surface area contributed by atoms with Gasteiger partial charge in [-0.1, -0.05) is 6.42 Å². The van der Waals surface area contributed by atoms with E-state index in [1.54, 1.807) is 14.2 Å². The molecule has 0 bridgehead atoms. The van der Waals surface area contributed by atoms with Crippen molar-refractivity contribution in [3.05, 3.63) is 47.8 Å². The summed E-state index contributed by atoms with van der Waals surface area (Å²) in [6, 6.07) is 8.19. The van der Waals surface area contributed by atoms with Gasteiger partial charge in [0.1, 0.15) is 0 Å². The molecular weight excluding hydrogens is 328 g/mol. The molecule has 0 spiro atoms. The van der Waals surface area contributed by atoms with E-state index < -0.39 is 0 Å². The van der Waals surface area contributed by atoms with Crippen LogP contribution < -0.4 is 14.8 Å². The first kappa shape index (κ1) is 18.4. The lowest BCUT2D eigenvalue weighted by molar-refractivity contribution is -0.121. The number of aromatic nitrogens is 1. The monoisotopic (exact) mass is 356 g/mol. The summed E-state index contributed by atoms with van der Waals surface area (Å²) in [5.41, 5.74) is 2.39. The van der Waals surface area contributed by atoms with Crippen LogP contribution in [0.1, 0.15) is 49.3 Å². The molecule has 1 aliphatic rings. The Kier molecular flexibility index (Phi) is 6.21. The Hall–Kier alpha value is -2.43. The number of amides is 1. The molecule has 1 N–H and O–H groups in total. The van der Waals surface area contributed by atoms with Crippen molar-refractivity contribution in [1.29, 1.82) is 0 Å². The predicted octanol–water partition coefficient (Wildman–Crippen LogP) is 3.87. The summed E-state index contributed by atoms with van der Waals surface area (Å²) in [5, 5.41) is 3.19. The summed E-state index contributed by atoms with van der Waals surface area (Å²) in [7, 11) is 3.29. The van der Waals surface area contributed by atoms with E-state index in [1.165, 1.54) is 5.56 Å². The molecule has 26 heavy (non-hydrogen) atoms.